The van der Waals surface area contributed by atoms with Gasteiger partial charge < -0.3 is 0 Å². The van der Waals surface area contributed by atoms with Crippen molar-refractivity contribution >= 4 is 22.6 Å². The molecule has 0 fully saturated rings. The largest absolute Gasteiger partial charge is 0.296 e. The fourth-order valence-corrected chi connectivity index (χ4v) is 3.18. The predicted molar refractivity (Wildman–Crippen MR) is 75.9 cm³/mol. The average molecular weight is 264 g/mol. The number of aromatic nitrogens is 2. The van der Waals surface area contributed by atoms with Gasteiger partial charge in [-0.25, -0.2) is 4.98 Å². The van der Waals surface area contributed by atoms with Crippen molar-refractivity contribution in [3.8, 4) is 0 Å². The number of fused-ring (bicyclic) bond motifs is 1. The first kappa shape index (κ1) is 13.3. The van der Waals surface area contributed by atoms with Gasteiger partial charge in [-0.3, -0.25) is 9.20 Å². The molecule has 2 rings (SSSR count). The van der Waals surface area contributed by atoms with E-state index in [-0.39, 0.29) is 10.8 Å². The van der Waals surface area contributed by atoms with Crippen LogP contribution < -0.4 is 0 Å². The summed E-state index contributed by atoms with van der Waals surface area (Å²) in [6, 6.07) is 0. The van der Waals surface area contributed by atoms with E-state index in [1.165, 1.54) is 0 Å². The summed E-state index contributed by atoms with van der Waals surface area (Å²) in [4.78, 5) is 17.0. The molecule has 0 aliphatic heterocycles. The molecule has 98 valence electrons. The Morgan fingerprint density at radius 1 is 1.17 bits per heavy atom. The summed E-state index contributed by atoms with van der Waals surface area (Å²) in [7, 11) is 0. The zero-order valence-electron chi connectivity index (χ0n) is 11.9. The summed E-state index contributed by atoms with van der Waals surface area (Å²) in [5.41, 5.74) is 2.62. The monoisotopic (exact) mass is 264 g/mol. The van der Waals surface area contributed by atoms with Crippen LogP contribution in [-0.4, -0.2) is 15.7 Å². The smallest absolute Gasteiger partial charge is 0.194 e. The van der Waals surface area contributed by atoms with Crippen LogP contribution in [0.25, 0.3) is 4.96 Å². The third-order valence-corrected chi connectivity index (χ3v) is 3.82. The minimum atomic E-state index is -0.114. The number of carbonyl (C=O) groups is 1. The molecular formula is C14H20N2OS. The van der Waals surface area contributed by atoms with E-state index in [9.17, 15) is 4.79 Å². The highest BCUT2D eigenvalue weighted by Crippen LogP contribution is 2.33. The van der Waals surface area contributed by atoms with Gasteiger partial charge in [0.1, 0.15) is 5.69 Å². The van der Waals surface area contributed by atoms with Gasteiger partial charge in [0.15, 0.2) is 11.2 Å². The van der Waals surface area contributed by atoms with Gasteiger partial charge in [0.25, 0.3) is 0 Å². The topological polar surface area (TPSA) is 34.4 Å². The van der Waals surface area contributed by atoms with Crippen molar-refractivity contribution in [2.24, 2.45) is 0 Å². The SMILES string of the molecule is CC(C)(C)c1nc2scc(C(C)(C)C)n2c1C=O. The van der Waals surface area contributed by atoms with E-state index in [1.807, 2.05) is 4.40 Å². The van der Waals surface area contributed by atoms with E-state index >= 15 is 0 Å². The van der Waals surface area contributed by atoms with Crippen molar-refractivity contribution in [2.75, 3.05) is 0 Å². The van der Waals surface area contributed by atoms with Gasteiger partial charge in [-0.15, -0.1) is 11.3 Å². The second-order valence-electron chi connectivity index (χ2n) is 6.70. The van der Waals surface area contributed by atoms with Gasteiger partial charge in [0.05, 0.1) is 5.69 Å². The third kappa shape index (κ3) is 1.99. The molecule has 0 spiro atoms. The van der Waals surface area contributed by atoms with Crippen LogP contribution >= 0.6 is 11.3 Å². The lowest BCUT2D eigenvalue weighted by atomic mass is 9.90. The highest BCUT2D eigenvalue weighted by atomic mass is 32.1. The molecule has 0 N–H and O–H groups in total. The number of carbonyl (C=O) groups excluding carboxylic acids is 1. The van der Waals surface area contributed by atoms with Crippen molar-refractivity contribution in [3.63, 3.8) is 0 Å². The van der Waals surface area contributed by atoms with Crippen molar-refractivity contribution in [1.29, 1.82) is 0 Å². The van der Waals surface area contributed by atoms with Gasteiger partial charge >= 0.3 is 0 Å². The molecule has 0 aliphatic rings. The van der Waals surface area contributed by atoms with E-state index in [0.29, 0.717) is 5.69 Å². The Labute approximate surface area is 112 Å². The summed E-state index contributed by atoms with van der Waals surface area (Å²) in [6.45, 7) is 12.7. The molecule has 0 amide bonds. The lowest BCUT2D eigenvalue weighted by Gasteiger charge is -2.19. The van der Waals surface area contributed by atoms with Gasteiger partial charge in [-0.05, 0) is 0 Å². The van der Waals surface area contributed by atoms with Crippen molar-refractivity contribution < 1.29 is 4.79 Å². The second-order valence-corrected chi connectivity index (χ2v) is 7.54. The molecule has 0 bridgehead atoms. The van der Waals surface area contributed by atoms with Crippen molar-refractivity contribution in [1.82, 2.24) is 9.38 Å². The standard InChI is InChI=1S/C14H20N2OS/c1-13(2,3)10-8-18-12-15-11(14(4,5)6)9(7-17)16(10)12/h7-8H,1-6H3. The lowest BCUT2D eigenvalue weighted by Crippen LogP contribution is -2.18. The minimum Gasteiger partial charge on any atom is -0.296 e. The maximum absolute atomic E-state index is 11.5. The second kappa shape index (κ2) is 3.92. The number of hydrogen-bond donors (Lipinski definition) is 0. The molecule has 0 saturated carbocycles. The van der Waals surface area contributed by atoms with Crippen molar-refractivity contribution in [3.05, 3.63) is 22.5 Å². The lowest BCUT2D eigenvalue weighted by molar-refractivity contribution is 0.111. The number of imidazole rings is 1. The van der Waals surface area contributed by atoms with Crippen LogP contribution in [0.2, 0.25) is 0 Å². The molecule has 0 saturated heterocycles. The first-order valence-electron chi connectivity index (χ1n) is 6.12. The highest BCUT2D eigenvalue weighted by molar-refractivity contribution is 7.15. The summed E-state index contributed by atoms with van der Waals surface area (Å²) in [5.74, 6) is 0. The predicted octanol–water partition coefficient (Wildman–Crippen LogP) is 3.80. The summed E-state index contributed by atoms with van der Waals surface area (Å²) in [5, 5.41) is 2.10. The normalized spacial score (nSPS) is 13.2. The number of nitrogens with zero attached hydrogens (tertiary/aromatic N) is 2. The van der Waals surface area contributed by atoms with Crippen LogP contribution in [0, 0.1) is 0 Å². The van der Waals surface area contributed by atoms with Crippen molar-refractivity contribution in [2.45, 2.75) is 52.4 Å². The number of aldehydes is 1. The van der Waals surface area contributed by atoms with Gasteiger partial charge in [-0.2, -0.15) is 0 Å². The van der Waals surface area contributed by atoms with E-state index in [0.717, 1.165) is 22.6 Å². The Kier molecular flexibility index (Phi) is 2.89. The Balaban J connectivity index is 2.82. The van der Waals surface area contributed by atoms with Crippen LogP contribution in [0.5, 0.6) is 0 Å². The van der Waals surface area contributed by atoms with E-state index in [2.05, 4.69) is 51.9 Å². The van der Waals surface area contributed by atoms with Crippen LogP contribution in [0.1, 0.15) is 63.4 Å². The zero-order chi connectivity index (χ0) is 13.7. The fourth-order valence-electron chi connectivity index (χ4n) is 2.06. The molecule has 0 aliphatic carbocycles. The Bertz CT molecular complexity index is 594. The molecular weight excluding hydrogens is 244 g/mol. The maximum Gasteiger partial charge on any atom is 0.194 e. The zero-order valence-corrected chi connectivity index (χ0v) is 12.7. The molecule has 3 nitrogen and oxygen atoms in total. The number of hydrogen-bond acceptors (Lipinski definition) is 3. The van der Waals surface area contributed by atoms with Crippen LogP contribution in [0.4, 0.5) is 0 Å². The molecule has 18 heavy (non-hydrogen) atoms. The Hall–Kier alpha value is -1.16. The summed E-state index contributed by atoms with van der Waals surface area (Å²) < 4.78 is 2.01. The van der Waals surface area contributed by atoms with Gasteiger partial charge in [0, 0.05) is 21.9 Å². The minimum absolute atomic E-state index is 0.00582. The molecule has 0 unspecified atom stereocenters. The van der Waals surface area contributed by atoms with Crippen LogP contribution in [0.3, 0.4) is 0 Å². The first-order valence-corrected chi connectivity index (χ1v) is 7.00. The summed E-state index contributed by atoms with van der Waals surface area (Å²) in [6.07, 6.45) is 0.933. The number of rotatable bonds is 1. The van der Waals surface area contributed by atoms with E-state index in [4.69, 9.17) is 0 Å². The first-order chi connectivity index (χ1) is 8.16. The molecule has 4 heteroatoms. The molecule has 2 aromatic rings. The number of thiazole rings is 1. The summed E-state index contributed by atoms with van der Waals surface area (Å²) >= 11 is 1.60. The Morgan fingerprint density at radius 2 is 1.78 bits per heavy atom. The van der Waals surface area contributed by atoms with E-state index in [1.54, 1.807) is 11.3 Å². The average Bonchev–Trinajstić information content (AvgIpc) is 2.70. The van der Waals surface area contributed by atoms with Gasteiger partial charge in [0.2, 0.25) is 0 Å². The fraction of sp³-hybridized carbons (Fsp3) is 0.571. The quantitative estimate of drug-likeness (QED) is 0.734. The van der Waals surface area contributed by atoms with Crippen LogP contribution in [-0.2, 0) is 10.8 Å². The molecule has 0 atom stereocenters. The molecule has 0 radical (unpaired) electrons. The van der Waals surface area contributed by atoms with E-state index < -0.39 is 0 Å². The molecule has 2 aromatic heterocycles. The highest BCUT2D eigenvalue weighted by Gasteiger charge is 2.28. The third-order valence-electron chi connectivity index (χ3n) is 2.99. The Morgan fingerprint density at radius 3 is 2.22 bits per heavy atom. The molecule has 2 heterocycles. The van der Waals surface area contributed by atoms with Crippen LogP contribution in [0.15, 0.2) is 5.38 Å². The molecule has 0 aromatic carbocycles. The van der Waals surface area contributed by atoms with Gasteiger partial charge in [-0.1, -0.05) is 41.5 Å². The maximum atomic E-state index is 11.5.